The number of halogens is 2. The van der Waals surface area contributed by atoms with E-state index in [4.69, 9.17) is 9.84 Å². The number of nitrogens with one attached hydrogen (secondary N) is 1. The van der Waals surface area contributed by atoms with Crippen molar-refractivity contribution >= 4 is 37.8 Å². The first-order chi connectivity index (χ1) is 9.92. The van der Waals surface area contributed by atoms with E-state index >= 15 is 0 Å². The van der Waals surface area contributed by atoms with Gasteiger partial charge in [-0.2, -0.15) is 0 Å². The molecule has 0 spiro atoms. The van der Waals surface area contributed by atoms with E-state index in [1.54, 1.807) is 19.1 Å². The van der Waals surface area contributed by atoms with E-state index in [2.05, 4.69) is 37.2 Å². The molecule has 0 saturated heterocycles. The molecule has 4 nitrogen and oxygen atoms in total. The summed E-state index contributed by atoms with van der Waals surface area (Å²) in [5, 5.41) is 12.1. The Morgan fingerprint density at radius 3 is 2.24 bits per heavy atom. The molecule has 0 radical (unpaired) electrons. The van der Waals surface area contributed by atoms with Crippen LogP contribution in [0, 0.1) is 0 Å². The van der Waals surface area contributed by atoms with Crippen molar-refractivity contribution in [3.63, 3.8) is 0 Å². The second-order valence-corrected chi connectivity index (χ2v) is 6.54. The van der Waals surface area contributed by atoms with Crippen LogP contribution in [0.3, 0.4) is 0 Å². The van der Waals surface area contributed by atoms with E-state index < -0.39 is 6.10 Å². The average molecular weight is 423 g/mol. The molecule has 1 atom stereocenters. The smallest absolute Gasteiger partial charge is 0.260 e. The van der Waals surface area contributed by atoms with Crippen LogP contribution in [-0.4, -0.2) is 23.2 Å². The summed E-state index contributed by atoms with van der Waals surface area (Å²) in [6, 6.07) is 3.71. The van der Waals surface area contributed by atoms with Gasteiger partial charge in [0.25, 0.3) is 5.91 Å². The summed E-state index contributed by atoms with van der Waals surface area (Å²) in [6.07, 6.45) is 1.19. The third-order valence-electron chi connectivity index (χ3n) is 3.24. The van der Waals surface area contributed by atoms with Crippen LogP contribution in [-0.2, 0) is 11.4 Å². The Hall–Kier alpha value is -0.590. The van der Waals surface area contributed by atoms with Gasteiger partial charge >= 0.3 is 0 Å². The largest absolute Gasteiger partial charge is 0.479 e. The predicted octanol–water partition coefficient (Wildman–Crippen LogP) is 3.78. The molecular formula is C15H21Br2NO3. The molecular weight excluding hydrogens is 402 g/mol. The molecule has 0 aromatic heterocycles. The summed E-state index contributed by atoms with van der Waals surface area (Å²) in [5.74, 6) is 0.424. The number of ether oxygens (including phenoxy) is 1. The van der Waals surface area contributed by atoms with Crippen molar-refractivity contribution in [1.82, 2.24) is 5.32 Å². The second kappa shape index (κ2) is 8.76. The van der Waals surface area contributed by atoms with Gasteiger partial charge in [0.1, 0.15) is 5.75 Å². The molecule has 0 aliphatic carbocycles. The highest BCUT2D eigenvalue weighted by atomic mass is 79.9. The number of aliphatic hydroxyl groups excluding tert-OH is 1. The van der Waals surface area contributed by atoms with Gasteiger partial charge in [0.2, 0.25) is 0 Å². The van der Waals surface area contributed by atoms with Crippen molar-refractivity contribution < 1.29 is 14.6 Å². The number of benzene rings is 1. The van der Waals surface area contributed by atoms with Crippen LogP contribution in [0.15, 0.2) is 21.1 Å². The number of carbonyl (C=O) groups excluding carboxylic acids is 1. The first kappa shape index (κ1) is 18.5. The van der Waals surface area contributed by atoms with E-state index in [0.717, 1.165) is 18.4 Å². The van der Waals surface area contributed by atoms with Crippen LogP contribution >= 0.6 is 31.9 Å². The van der Waals surface area contributed by atoms with Gasteiger partial charge in [-0.1, -0.05) is 13.8 Å². The number of carbonyl (C=O) groups is 1. The lowest BCUT2D eigenvalue weighted by Crippen LogP contribution is -2.42. The molecule has 1 rings (SSSR count). The summed E-state index contributed by atoms with van der Waals surface area (Å²) in [6.45, 7) is 5.75. The third-order valence-corrected chi connectivity index (χ3v) is 4.41. The maximum Gasteiger partial charge on any atom is 0.260 e. The Labute approximate surface area is 142 Å². The average Bonchev–Trinajstić information content (AvgIpc) is 2.47. The molecule has 21 heavy (non-hydrogen) atoms. The molecule has 0 aliphatic heterocycles. The summed E-state index contributed by atoms with van der Waals surface area (Å²) in [4.78, 5) is 12.1. The number of aliphatic hydroxyl groups is 1. The first-order valence-corrected chi connectivity index (χ1v) is 8.57. The molecule has 0 heterocycles. The van der Waals surface area contributed by atoms with E-state index in [1.165, 1.54) is 0 Å². The molecule has 1 amide bonds. The minimum atomic E-state index is -0.599. The Balaban J connectivity index is 2.79. The molecule has 118 valence electrons. The van der Waals surface area contributed by atoms with Crippen LogP contribution in [0.5, 0.6) is 5.75 Å². The maximum atomic E-state index is 12.1. The van der Waals surface area contributed by atoms with Crippen LogP contribution in [0.1, 0.15) is 39.2 Å². The number of amides is 1. The summed E-state index contributed by atoms with van der Waals surface area (Å²) < 4.78 is 7.13. The van der Waals surface area contributed by atoms with Crippen LogP contribution in [0.25, 0.3) is 0 Å². The van der Waals surface area contributed by atoms with Crippen LogP contribution < -0.4 is 10.1 Å². The van der Waals surface area contributed by atoms with E-state index in [9.17, 15) is 4.79 Å². The molecule has 6 heteroatoms. The minimum Gasteiger partial charge on any atom is -0.479 e. The Bertz CT molecular complexity index is 467. The van der Waals surface area contributed by atoms with Crippen molar-refractivity contribution in [3.05, 3.63) is 26.6 Å². The lowest BCUT2D eigenvalue weighted by atomic mass is 10.1. The highest BCUT2D eigenvalue weighted by molar-refractivity contribution is 9.11. The Morgan fingerprint density at radius 1 is 1.29 bits per heavy atom. The maximum absolute atomic E-state index is 12.1. The van der Waals surface area contributed by atoms with Crippen molar-refractivity contribution in [1.29, 1.82) is 0 Å². The molecule has 0 saturated carbocycles. The number of hydrogen-bond acceptors (Lipinski definition) is 3. The standard InChI is InChI=1S/C15H21Br2NO3/c1-4-11(5-2)18-15(20)9(3)21-14-12(16)6-10(8-19)7-13(14)17/h6-7,9,11,19H,4-5,8H2,1-3H3,(H,18,20). The van der Waals surface area contributed by atoms with Gasteiger partial charge < -0.3 is 15.2 Å². The van der Waals surface area contributed by atoms with E-state index in [-0.39, 0.29) is 18.6 Å². The lowest BCUT2D eigenvalue weighted by molar-refractivity contribution is -0.128. The SMILES string of the molecule is CCC(CC)NC(=O)C(C)Oc1c(Br)cc(CO)cc1Br. The molecule has 0 bridgehead atoms. The highest BCUT2D eigenvalue weighted by Gasteiger charge is 2.20. The van der Waals surface area contributed by atoms with Crippen LogP contribution in [0.4, 0.5) is 0 Å². The zero-order valence-corrected chi connectivity index (χ0v) is 15.6. The topological polar surface area (TPSA) is 58.6 Å². The highest BCUT2D eigenvalue weighted by Crippen LogP contribution is 2.35. The third kappa shape index (κ3) is 5.27. The fourth-order valence-electron chi connectivity index (χ4n) is 1.86. The van der Waals surface area contributed by atoms with Gasteiger partial charge in [-0.05, 0) is 69.3 Å². The zero-order valence-electron chi connectivity index (χ0n) is 12.5. The van der Waals surface area contributed by atoms with Gasteiger partial charge in [-0.15, -0.1) is 0 Å². The number of rotatable bonds is 7. The molecule has 0 aliphatic rings. The predicted molar refractivity (Wildman–Crippen MR) is 90.4 cm³/mol. The van der Waals surface area contributed by atoms with Gasteiger partial charge in [0.05, 0.1) is 15.6 Å². The van der Waals surface area contributed by atoms with E-state index in [1.807, 2.05) is 13.8 Å². The zero-order chi connectivity index (χ0) is 16.0. The number of hydrogen-bond donors (Lipinski definition) is 2. The fraction of sp³-hybridized carbons (Fsp3) is 0.533. The molecule has 2 N–H and O–H groups in total. The monoisotopic (exact) mass is 421 g/mol. The van der Waals surface area contributed by atoms with Crippen molar-refractivity contribution in [2.75, 3.05) is 0 Å². The molecule has 1 aromatic rings. The summed E-state index contributed by atoms with van der Waals surface area (Å²) in [7, 11) is 0. The van der Waals surface area contributed by atoms with Crippen molar-refractivity contribution in [3.8, 4) is 5.75 Å². The Morgan fingerprint density at radius 2 is 1.81 bits per heavy atom. The van der Waals surface area contributed by atoms with Crippen LogP contribution in [0.2, 0.25) is 0 Å². The normalized spacial score (nSPS) is 12.3. The van der Waals surface area contributed by atoms with Crippen molar-refractivity contribution in [2.45, 2.75) is 52.4 Å². The second-order valence-electron chi connectivity index (χ2n) is 4.83. The Kier molecular flexibility index (Phi) is 7.70. The summed E-state index contributed by atoms with van der Waals surface area (Å²) in [5.41, 5.74) is 0.759. The first-order valence-electron chi connectivity index (χ1n) is 6.98. The minimum absolute atomic E-state index is 0.0534. The molecule has 1 aromatic carbocycles. The van der Waals surface area contributed by atoms with Gasteiger partial charge in [0, 0.05) is 6.04 Å². The molecule has 1 unspecified atom stereocenters. The summed E-state index contributed by atoms with van der Waals surface area (Å²) >= 11 is 6.79. The fourth-order valence-corrected chi connectivity index (χ4v) is 3.33. The quantitative estimate of drug-likeness (QED) is 0.702. The van der Waals surface area contributed by atoms with E-state index in [0.29, 0.717) is 14.7 Å². The van der Waals surface area contributed by atoms with Gasteiger partial charge in [-0.25, -0.2) is 0 Å². The van der Waals surface area contributed by atoms with Crippen molar-refractivity contribution in [2.24, 2.45) is 0 Å². The lowest BCUT2D eigenvalue weighted by Gasteiger charge is -2.20. The van der Waals surface area contributed by atoms with Gasteiger partial charge in [0.15, 0.2) is 6.10 Å². The van der Waals surface area contributed by atoms with Gasteiger partial charge in [-0.3, -0.25) is 4.79 Å². The molecule has 0 fully saturated rings.